The third-order valence-electron chi connectivity index (χ3n) is 1.95. The van der Waals surface area contributed by atoms with Gasteiger partial charge in [-0.3, -0.25) is 0 Å². The van der Waals surface area contributed by atoms with Crippen LogP contribution in [0.4, 0.5) is 0 Å². The van der Waals surface area contributed by atoms with Crippen molar-refractivity contribution in [2.24, 2.45) is 0 Å². The molecule has 0 aliphatic carbocycles. The van der Waals surface area contributed by atoms with Crippen molar-refractivity contribution in [1.82, 2.24) is 0 Å². The van der Waals surface area contributed by atoms with Gasteiger partial charge in [-0.05, 0) is 30.8 Å². The van der Waals surface area contributed by atoms with Gasteiger partial charge in [0, 0.05) is 0 Å². The summed E-state index contributed by atoms with van der Waals surface area (Å²) in [5.74, 6) is 1.68. The maximum Gasteiger partial charge on any atom is 0.282 e. The van der Waals surface area contributed by atoms with Crippen molar-refractivity contribution in [1.29, 1.82) is 0 Å². The van der Waals surface area contributed by atoms with E-state index in [9.17, 15) is 0 Å². The molecule has 0 radical (unpaired) electrons. The van der Waals surface area contributed by atoms with Crippen LogP contribution in [0.1, 0.15) is 0 Å². The Morgan fingerprint density at radius 3 is 1.44 bits per heavy atom. The smallest absolute Gasteiger partial charge is 0.282 e. The summed E-state index contributed by atoms with van der Waals surface area (Å²) >= 11 is 0. The van der Waals surface area contributed by atoms with Gasteiger partial charge in [0.1, 0.15) is 11.5 Å². The quantitative estimate of drug-likeness (QED) is 0.721. The lowest BCUT2D eigenvalue weighted by Crippen LogP contribution is -2.01. The molecule has 0 aliphatic heterocycles. The second-order valence-electron chi connectivity index (χ2n) is 3.20. The number of rotatable bonds is 4. The summed E-state index contributed by atoms with van der Waals surface area (Å²) in [4.78, 5) is 0. The van der Waals surface area contributed by atoms with Crippen molar-refractivity contribution >= 4 is 0 Å². The largest absolute Gasteiger partial charge is 0.426 e. The first kappa shape index (κ1) is 10.3. The van der Waals surface area contributed by atoms with E-state index in [-0.39, 0.29) is 5.95 Å². The van der Waals surface area contributed by atoms with Gasteiger partial charge in [0.2, 0.25) is 0 Å². The number of hydrogen-bond acceptors (Lipinski definition) is 2. The van der Waals surface area contributed by atoms with Crippen LogP contribution in [0.25, 0.3) is 0 Å². The van der Waals surface area contributed by atoms with E-state index in [1.807, 2.05) is 60.7 Å². The lowest BCUT2D eigenvalue weighted by molar-refractivity contribution is 0.229. The van der Waals surface area contributed by atoms with Crippen molar-refractivity contribution in [3.63, 3.8) is 0 Å². The summed E-state index contributed by atoms with van der Waals surface area (Å²) < 4.78 is 10.8. The van der Waals surface area contributed by atoms with E-state index in [0.29, 0.717) is 11.5 Å². The molecular formula is C14H12O2. The minimum absolute atomic E-state index is 0.261. The van der Waals surface area contributed by atoms with E-state index in [2.05, 4.69) is 6.58 Å². The highest BCUT2D eigenvalue weighted by Gasteiger charge is 1.99. The van der Waals surface area contributed by atoms with E-state index in [0.717, 1.165) is 0 Å². The molecule has 2 nitrogen and oxygen atoms in total. The third kappa shape index (κ3) is 2.89. The molecule has 0 bridgehead atoms. The molecule has 0 saturated heterocycles. The Bertz CT molecular complexity index is 405. The lowest BCUT2D eigenvalue weighted by Gasteiger charge is -2.09. The molecule has 0 unspecified atom stereocenters. The van der Waals surface area contributed by atoms with Crippen LogP contribution >= 0.6 is 0 Å². The van der Waals surface area contributed by atoms with Crippen molar-refractivity contribution in [2.75, 3.05) is 0 Å². The Labute approximate surface area is 94.8 Å². The molecule has 16 heavy (non-hydrogen) atoms. The van der Waals surface area contributed by atoms with Gasteiger partial charge in [-0.1, -0.05) is 36.4 Å². The molecule has 0 heterocycles. The van der Waals surface area contributed by atoms with Gasteiger partial charge in [0.05, 0.1) is 0 Å². The molecule has 2 heteroatoms. The summed E-state index contributed by atoms with van der Waals surface area (Å²) in [6.07, 6.45) is 0. The van der Waals surface area contributed by atoms with Gasteiger partial charge >= 0.3 is 0 Å². The Morgan fingerprint density at radius 2 is 1.06 bits per heavy atom. The molecule has 80 valence electrons. The second kappa shape index (κ2) is 5.03. The van der Waals surface area contributed by atoms with Crippen LogP contribution in [-0.4, -0.2) is 0 Å². The molecule has 0 saturated carbocycles. The number of ether oxygens (including phenoxy) is 2. The van der Waals surface area contributed by atoms with Gasteiger partial charge in [-0.2, -0.15) is 0 Å². The van der Waals surface area contributed by atoms with Crippen LogP contribution in [0.3, 0.4) is 0 Å². The zero-order chi connectivity index (χ0) is 11.2. The van der Waals surface area contributed by atoms with Crippen LogP contribution in [-0.2, 0) is 0 Å². The molecule has 0 atom stereocenters. The van der Waals surface area contributed by atoms with Gasteiger partial charge in [0.15, 0.2) is 0 Å². The Kier molecular flexibility index (Phi) is 3.24. The third-order valence-corrected chi connectivity index (χ3v) is 1.95. The van der Waals surface area contributed by atoms with E-state index in [4.69, 9.17) is 9.47 Å². The van der Waals surface area contributed by atoms with Crippen LogP contribution in [0.15, 0.2) is 73.2 Å². The fourth-order valence-corrected chi connectivity index (χ4v) is 1.26. The summed E-state index contributed by atoms with van der Waals surface area (Å²) in [5.41, 5.74) is 0. The highest BCUT2D eigenvalue weighted by molar-refractivity contribution is 5.25. The molecule has 0 aromatic heterocycles. The standard InChI is InChI=1S/C14H12O2/c1-12(15-13-8-4-2-5-9-13)16-14-10-6-3-7-11-14/h2-11H,1H2. The van der Waals surface area contributed by atoms with Gasteiger partial charge < -0.3 is 9.47 Å². The van der Waals surface area contributed by atoms with Crippen LogP contribution < -0.4 is 9.47 Å². The fraction of sp³-hybridized carbons (Fsp3) is 0. The number of hydrogen-bond donors (Lipinski definition) is 0. The zero-order valence-corrected chi connectivity index (χ0v) is 8.80. The Morgan fingerprint density at radius 1 is 0.688 bits per heavy atom. The highest BCUT2D eigenvalue weighted by Crippen LogP contribution is 2.16. The summed E-state index contributed by atoms with van der Waals surface area (Å²) in [6, 6.07) is 18.8. The van der Waals surface area contributed by atoms with Crippen molar-refractivity contribution in [3.05, 3.63) is 73.2 Å². The van der Waals surface area contributed by atoms with E-state index >= 15 is 0 Å². The Hall–Kier alpha value is -2.22. The first-order valence-corrected chi connectivity index (χ1v) is 4.99. The zero-order valence-electron chi connectivity index (χ0n) is 8.80. The topological polar surface area (TPSA) is 18.5 Å². The molecule has 2 aromatic carbocycles. The van der Waals surface area contributed by atoms with E-state index < -0.39 is 0 Å². The Balaban J connectivity index is 1.95. The monoisotopic (exact) mass is 212 g/mol. The van der Waals surface area contributed by atoms with Crippen molar-refractivity contribution < 1.29 is 9.47 Å². The molecule has 0 N–H and O–H groups in total. The van der Waals surface area contributed by atoms with Crippen LogP contribution in [0, 0.1) is 0 Å². The maximum atomic E-state index is 5.40. The normalized spacial score (nSPS) is 9.50. The first-order chi connectivity index (χ1) is 7.84. The van der Waals surface area contributed by atoms with Crippen LogP contribution in [0.2, 0.25) is 0 Å². The average molecular weight is 212 g/mol. The maximum absolute atomic E-state index is 5.40. The summed E-state index contributed by atoms with van der Waals surface area (Å²) in [6.45, 7) is 3.70. The fourth-order valence-electron chi connectivity index (χ4n) is 1.26. The minimum atomic E-state index is 0.261. The number of benzene rings is 2. The lowest BCUT2D eigenvalue weighted by atomic mass is 10.3. The molecule has 0 amide bonds. The molecular weight excluding hydrogens is 200 g/mol. The SMILES string of the molecule is C=C(Oc1ccccc1)Oc1ccccc1. The molecule has 2 aromatic rings. The highest BCUT2D eigenvalue weighted by atomic mass is 16.7. The second-order valence-corrected chi connectivity index (χ2v) is 3.20. The van der Waals surface area contributed by atoms with Crippen molar-refractivity contribution in [3.8, 4) is 11.5 Å². The van der Waals surface area contributed by atoms with Gasteiger partial charge in [-0.15, -0.1) is 0 Å². The molecule has 0 aliphatic rings. The minimum Gasteiger partial charge on any atom is -0.426 e. The van der Waals surface area contributed by atoms with Crippen molar-refractivity contribution in [2.45, 2.75) is 0 Å². The molecule has 2 rings (SSSR count). The summed E-state index contributed by atoms with van der Waals surface area (Å²) in [7, 11) is 0. The van der Waals surface area contributed by atoms with Gasteiger partial charge in [0.25, 0.3) is 5.95 Å². The predicted molar refractivity (Wildman–Crippen MR) is 63.3 cm³/mol. The molecule has 0 fully saturated rings. The van der Waals surface area contributed by atoms with E-state index in [1.165, 1.54) is 0 Å². The predicted octanol–water partition coefficient (Wildman–Crippen LogP) is 3.62. The van der Waals surface area contributed by atoms with Crippen LogP contribution in [0.5, 0.6) is 11.5 Å². The molecule has 0 spiro atoms. The first-order valence-electron chi connectivity index (χ1n) is 4.99. The number of para-hydroxylation sites is 2. The van der Waals surface area contributed by atoms with Gasteiger partial charge in [-0.25, -0.2) is 0 Å². The average Bonchev–Trinajstić information content (AvgIpc) is 2.31. The summed E-state index contributed by atoms with van der Waals surface area (Å²) in [5, 5.41) is 0. The van der Waals surface area contributed by atoms with E-state index in [1.54, 1.807) is 0 Å².